The van der Waals surface area contributed by atoms with Crippen LogP contribution in [0.25, 0.3) is 0 Å². The van der Waals surface area contributed by atoms with Crippen molar-refractivity contribution in [3.8, 4) is 5.75 Å². The summed E-state index contributed by atoms with van der Waals surface area (Å²) in [6.45, 7) is 2.56. The van der Waals surface area contributed by atoms with Crippen LogP contribution >= 0.6 is 0 Å². The largest absolute Gasteiger partial charge is 0.481 e. The van der Waals surface area contributed by atoms with Gasteiger partial charge in [-0.2, -0.15) is 0 Å². The number of para-hydroxylation sites is 1. The average Bonchev–Trinajstić information content (AvgIpc) is 2.54. The number of rotatable bonds is 4. The zero-order valence-corrected chi connectivity index (χ0v) is 12.2. The lowest BCUT2D eigenvalue weighted by Crippen LogP contribution is -2.56. The minimum atomic E-state index is -0.710. The zero-order valence-electron chi connectivity index (χ0n) is 12.2. The van der Waals surface area contributed by atoms with Crippen molar-refractivity contribution in [1.29, 1.82) is 0 Å². The van der Waals surface area contributed by atoms with E-state index in [4.69, 9.17) is 14.2 Å². The van der Waals surface area contributed by atoms with E-state index in [2.05, 4.69) is 0 Å². The Kier molecular flexibility index (Phi) is 5.16. The molecular formula is C15H19NO5. The Morgan fingerprint density at radius 1 is 1.33 bits per heavy atom. The Balaban J connectivity index is 2.04. The van der Waals surface area contributed by atoms with Crippen molar-refractivity contribution in [3.63, 3.8) is 0 Å². The number of esters is 1. The summed E-state index contributed by atoms with van der Waals surface area (Å²) in [5.41, 5.74) is 0. The standard InChI is InChI=1S/C15H19NO5/c1-11(21-12-6-4-3-5-7-12)14(17)16-8-9-20-10-13(16)15(18)19-2/h3-7,11,13H,8-10H2,1-2H3. The molecule has 2 rings (SSSR count). The van der Waals surface area contributed by atoms with Crippen molar-refractivity contribution in [3.05, 3.63) is 30.3 Å². The summed E-state index contributed by atoms with van der Waals surface area (Å²) < 4.78 is 15.6. The quantitative estimate of drug-likeness (QED) is 0.770. The molecule has 1 aromatic carbocycles. The van der Waals surface area contributed by atoms with E-state index in [1.807, 2.05) is 18.2 Å². The van der Waals surface area contributed by atoms with E-state index in [-0.39, 0.29) is 12.5 Å². The summed E-state index contributed by atoms with van der Waals surface area (Å²) in [6, 6.07) is 8.38. The summed E-state index contributed by atoms with van der Waals surface area (Å²) in [5.74, 6) is -0.117. The number of hydrogen-bond donors (Lipinski definition) is 0. The Morgan fingerprint density at radius 3 is 2.71 bits per heavy atom. The third-order valence-corrected chi connectivity index (χ3v) is 3.29. The normalized spacial score (nSPS) is 19.7. The number of carbonyl (C=O) groups excluding carboxylic acids is 2. The highest BCUT2D eigenvalue weighted by molar-refractivity contribution is 5.87. The SMILES string of the molecule is COC(=O)C1COCCN1C(=O)C(C)Oc1ccccc1. The van der Waals surface area contributed by atoms with Gasteiger partial charge >= 0.3 is 5.97 Å². The molecule has 2 unspecified atom stereocenters. The van der Waals surface area contributed by atoms with Gasteiger partial charge in [-0.3, -0.25) is 4.79 Å². The van der Waals surface area contributed by atoms with E-state index in [9.17, 15) is 9.59 Å². The van der Waals surface area contributed by atoms with Gasteiger partial charge in [-0.15, -0.1) is 0 Å². The first-order chi connectivity index (χ1) is 10.1. The number of carbonyl (C=O) groups is 2. The smallest absolute Gasteiger partial charge is 0.331 e. The van der Waals surface area contributed by atoms with Crippen molar-refractivity contribution in [2.75, 3.05) is 26.9 Å². The number of nitrogens with zero attached hydrogens (tertiary/aromatic N) is 1. The summed E-state index contributed by atoms with van der Waals surface area (Å²) in [5, 5.41) is 0. The molecule has 1 aromatic rings. The molecule has 1 amide bonds. The van der Waals surface area contributed by atoms with Gasteiger partial charge in [0.15, 0.2) is 12.1 Å². The van der Waals surface area contributed by atoms with E-state index in [1.54, 1.807) is 19.1 Å². The molecule has 0 saturated carbocycles. The maximum absolute atomic E-state index is 12.5. The van der Waals surface area contributed by atoms with Crippen LogP contribution in [0, 0.1) is 0 Å². The predicted molar refractivity (Wildman–Crippen MR) is 74.9 cm³/mol. The molecular weight excluding hydrogens is 274 g/mol. The fourth-order valence-electron chi connectivity index (χ4n) is 2.19. The number of hydrogen-bond acceptors (Lipinski definition) is 5. The van der Waals surface area contributed by atoms with E-state index in [1.165, 1.54) is 12.0 Å². The lowest BCUT2D eigenvalue weighted by atomic mass is 10.2. The second-order valence-electron chi connectivity index (χ2n) is 4.72. The predicted octanol–water partition coefficient (Wildman–Crippen LogP) is 0.854. The molecule has 0 aromatic heterocycles. The Labute approximate surface area is 123 Å². The molecule has 0 bridgehead atoms. The second kappa shape index (κ2) is 7.08. The highest BCUT2D eigenvalue weighted by atomic mass is 16.5. The molecule has 6 nitrogen and oxygen atoms in total. The van der Waals surface area contributed by atoms with E-state index >= 15 is 0 Å². The van der Waals surface area contributed by atoms with Crippen molar-refractivity contribution < 1.29 is 23.8 Å². The van der Waals surface area contributed by atoms with Gasteiger partial charge in [-0.1, -0.05) is 18.2 Å². The van der Waals surface area contributed by atoms with Crippen LogP contribution in [0.15, 0.2) is 30.3 Å². The molecule has 0 radical (unpaired) electrons. The van der Waals surface area contributed by atoms with Crippen LogP contribution in [0.2, 0.25) is 0 Å². The van der Waals surface area contributed by atoms with Gasteiger partial charge < -0.3 is 19.1 Å². The summed E-state index contributed by atoms with van der Waals surface area (Å²) in [7, 11) is 1.30. The molecule has 114 valence electrons. The van der Waals surface area contributed by atoms with Crippen molar-refractivity contribution >= 4 is 11.9 Å². The molecule has 1 heterocycles. The summed E-state index contributed by atoms with van der Waals surface area (Å²) >= 11 is 0. The van der Waals surface area contributed by atoms with Crippen LogP contribution in [0.3, 0.4) is 0 Å². The maximum Gasteiger partial charge on any atom is 0.331 e. The topological polar surface area (TPSA) is 65.1 Å². The minimum absolute atomic E-state index is 0.149. The van der Waals surface area contributed by atoms with Gasteiger partial charge in [-0.05, 0) is 19.1 Å². The van der Waals surface area contributed by atoms with Crippen LogP contribution in [-0.2, 0) is 19.1 Å². The highest BCUT2D eigenvalue weighted by Gasteiger charge is 2.36. The van der Waals surface area contributed by atoms with Crippen molar-refractivity contribution in [2.24, 2.45) is 0 Å². The fraction of sp³-hybridized carbons (Fsp3) is 0.467. The lowest BCUT2D eigenvalue weighted by molar-refractivity contribution is -0.163. The Bertz CT molecular complexity index is 490. The van der Waals surface area contributed by atoms with Gasteiger partial charge in [0.1, 0.15) is 5.75 Å². The highest BCUT2D eigenvalue weighted by Crippen LogP contribution is 2.15. The molecule has 0 spiro atoms. The first-order valence-corrected chi connectivity index (χ1v) is 6.81. The molecule has 0 aliphatic carbocycles. The first-order valence-electron chi connectivity index (χ1n) is 6.81. The lowest BCUT2D eigenvalue weighted by Gasteiger charge is -2.35. The van der Waals surface area contributed by atoms with Gasteiger partial charge in [0.05, 0.1) is 20.3 Å². The third-order valence-electron chi connectivity index (χ3n) is 3.29. The molecule has 6 heteroatoms. The summed E-state index contributed by atoms with van der Waals surface area (Å²) in [6.07, 6.45) is -0.683. The number of amides is 1. The average molecular weight is 293 g/mol. The Morgan fingerprint density at radius 2 is 2.05 bits per heavy atom. The molecule has 1 saturated heterocycles. The van der Waals surface area contributed by atoms with Crippen LogP contribution < -0.4 is 4.74 Å². The molecule has 21 heavy (non-hydrogen) atoms. The summed E-state index contributed by atoms with van der Waals surface area (Å²) in [4.78, 5) is 25.7. The van der Waals surface area contributed by atoms with Gasteiger partial charge in [0.2, 0.25) is 0 Å². The van der Waals surface area contributed by atoms with Crippen molar-refractivity contribution in [1.82, 2.24) is 4.90 Å². The van der Waals surface area contributed by atoms with E-state index in [0.29, 0.717) is 18.9 Å². The van der Waals surface area contributed by atoms with Crippen LogP contribution in [0.5, 0.6) is 5.75 Å². The molecule has 2 atom stereocenters. The minimum Gasteiger partial charge on any atom is -0.481 e. The van der Waals surface area contributed by atoms with Gasteiger partial charge in [0, 0.05) is 6.54 Å². The van der Waals surface area contributed by atoms with Crippen molar-refractivity contribution in [2.45, 2.75) is 19.1 Å². The molecule has 1 aliphatic rings. The zero-order chi connectivity index (χ0) is 15.2. The van der Waals surface area contributed by atoms with Gasteiger partial charge in [0.25, 0.3) is 5.91 Å². The molecule has 1 fully saturated rings. The second-order valence-corrected chi connectivity index (χ2v) is 4.72. The fourth-order valence-corrected chi connectivity index (χ4v) is 2.19. The third kappa shape index (κ3) is 3.72. The van der Waals surface area contributed by atoms with Crippen LogP contribution in [-0.4, -0.2) is 55.8 Å². The number of benzene rings is 1. The maximum atomic E-state index is 12.5. The number of morpholine rings is 1. The number of methoxy groups -OCH3 is 1. The van der Waals surface area contributed by atoms with E-state index in [0.717, 1.165) is 0 Å². The van der Waals surface area contributed by atoms with Crippen LogP contribution in [0.1, 0.15) is 6.92 Å². The van der Waals surface area contributed by atoms with Gasteiger partial charge in [-0.25, -0.2) is 4.79 Å². The number of ether oxygens (including phenoxy) is 3. The monoisotopic (exact) mass is 293 g/mol. The van der Waals surface area contributed by atoms with E-state index < -0.39 is 18.1 Å². The molecule has 1 aliphatic heterocycles. The van der Waals surface area contributed by atoms with Crippen LogP contribution in [0.4, 0.5) is 0 Å². The molecule has 0 N–H and O–H groups in total. The first kappa shape index (κ1) is 15.3. The Hall–Kier alpha value is -2.08.